The van der Waals surface area contributed by atoms with Gasteiger partial charge in [-0.3, -0.25) is 4.79 Å². The maximum atomic E-state index is 11.9. The highest BCUT2D eigenvalue weighted by molar-refractivity contribution is 5.78. The highest BCUT2D eigenvalue weighted by Gasteiger charge is 2.25. The minimum absolute atomic E-state index is 0.198. The van der Waals surface area contributed by atoms with Crippen LogP contribution >= 0.6 is 0 Å². The van der Waals surface area contributed by atoms with Crippen molar-refractivity contribution in [2.45, 2.75) is 45.4 Å². The van der Waals surface area contributed by atoms with Crippen molar-refractivity contribution in [2.75, 3.05) is 26.3 Å². The molecule has 1 aliphatic carbocycles. The molecule has 4 nitrogen and oxygen atoms in total. The van der Waals surface area contributed by atoms with Gasteiger partial charge in [0.15, 0.2) is 0 Å². The van der Waals surface area contributed by atoms with Gasteiger partial charge >= 0.3 is 0 Å². The lowest BCUT2D eigenvalue weighted by atomic mass is 9.81. The van der Waals surface area contributed by atoms with E-state index in [1.165, 1.54) is 0 Å². The van der Waals surface area contributed by atoms with E-state index in [0.29, 0.717) is 19.1 Å². The van der Waals surface area contributed by atoms with Crippen LogP contribution in [0.5, 0.6) is 0 Å². The van der Waals surface area contributed by atoms with Gasteiger partial charge in [0, 0.05) is 19.1 Å². The lowest BCUT2D eigenvalue weighted by Crippen LogP contribution is -2.36. The molecule has 0 bridgehead atoms. The predicted octanol–water partition coefficient (Wildman–Crippen LogP) is 1.68. The van der Waals surface area contributed by atoms with E-state index in [1.54, 1.807) is 0 Å². The third-order valence-corrected chi connectivity index (χ3v) is 3.74. The Balaban J connectivity index is 2.03. The number of unbranched alkanes of at least 4 members (excludes halogenated alkanes) is 1. The van der Waals surface area contributed by atoms with Crippen molar-refractivity contribution in [1.29, 1.82) is 0 Å². The number of hydrogen-bond donors (Lipinski definition) is 2. The summed E-state index contributed by atoms with van der Waals surface area (Å²) in [6.07, 6.45) is 6.42. The lowest BCUT2D eigenvalue weighted by molar-refractivity contribution is -0.126. The zero-order valence-electron chi connectivity index (χ0n) is 11.6. The second kappa shape index (κ2) is 9.34. The Labute approximate surface area is 111 Å². The second-order valence-corrected chi connectivity index (χ2v) is 5.21. The molecule has 0 atom stereocenters. The molecule has 4 heteroatoms. The number of nitrogens with two attached hydrogens (primary N) is 1. The number of hydrogen-bond acceptors (Lipinski definition) is 3. The van der Waals surface area contributed by atoms with Gasteiger partial charge in [0.25, 0.3) is 0 Å². The first-order chi connectivity index (χ1) is 8.77. The van der Waals surface area contributed by atoms with Crippen molar-refractivity contribution in [1.82, 2.24) is 5.32 Å². The molecule has 0 unspecified atom stereocenters. The van der Waals surface area contributed by atoms with E-state index in [2.05, 4.69) is 12.2 Å². The molecule has 3 N–H and O–H groups in total. The monoisotopic (exact) mass is 256 g/mol. The predicted molar refractivity (Wildman–Crippen MR) is 73.2 cm³/mol. The fourth-order valence-electron chi connectivity index (χ4n) is 2.40. The molecule has 106 valence electrons. The molecule has 1 amide bonds. The van der Waals surface area contributed by atoms with Crippen molar-refractivity contribution < 1.29 is 9.53 Å². The highest BCUT2D eigenvalue weighted by Crippen LogP contribution is 2.27. The summed E-state index contributed by atoms with van der Waals surface area (Å²) < 4.78 is 5.41. The number of carbonyl (C=O) groups excluding carboxylic acids is 1. The van der Waals surface area contributed by atoms with Gasteiger partial charge in [-0.05, 0) is 44.6 Å². The molecule has 18 heavy (non-hydrogen) atoms. The number of ether oxygens (including phenoxy) is 1. The van der Waals surface area contributed by atoms with Crippen molar-refractivity contribution in [2.24, 2.45) is 17.6 Å². The summed E-state index contributed by atoms with van der Waals surface area (Å²) in [5.41, 5.74) is 5.65. The molecular formula is C14H28N2O2. The fourth-order valence-corrected chi connectivity index (χ4v) is 2.40. The molecule has 0 saturated heterocycles. The average Bonchev–Trinajstić information content (AvgIpc) is 2.42. The summed E-state index contributed by atoms with van der Waals surface area (Å²) in [6.45, 7) is 4.97. The van der Waals surface area contributed by atoms with Crippen LogP contribution in [0.2, 0.25) is 0 Å². The molecule has 0 aromatic carbocycles. The second-order valence-electron chi connectivity index (χ2n) is 5.21. The molecule has 0 aliphatic heterocycles. The fraction of sp³-hybridized carbons (Fsp3) is 0.929. The molecule has 0 heterocycles. The topological polar surface area (TPSA) is 64.3 Å². The largest absolute Gasteiger partial charge is 0.380 e. The van der Waals surface area contributed by atoms with E-state index in [0.717, 1.165) is 51.7 Å². The Morgan fingerprint density at radius 1 is 1.28 bits per heavy atom. The first kappa shape index (κ1) is 15.4. The zero-order chi connectivity index (χ0) is 13.2. The highest BCUT2D eigenvalue weighted by atomic mass is 16.5. The first-order valence-corrected chi connectivity index (χ1v) is 7.33. The van der Waals surface area contributed by atoms with E-state index in [4.69, 9.17) is 10.5 Å². The summed E-state index contributed by atoms with van der Waals surface area (Å²) in [4.78, 5) is 11.9. The summed E-state index contributed by atoms with van der Waals surface area (Å²) in [7, 11) is 0. The third kappa shape index (κ3) is 5.83. The van der Waals surface area contributed by atoms with Crippen LogP contribution in [0.15, 0.2) is 0 Å². The number of rotatable bonds is 8. The van der Waals surface area contributed by atoms with Crippen LogP contribution in [-0.4, -0.2) is 32.2 Å². The van der Waals surface area contributed by atoms with Gasteiger partial charge in [-0.25, -0.2) is 0 Å². The summed E-state index contributed by atoms with van der Waals surface area (Å²) in [5.74, 6) is 1.03. The molecule has 0 spiro atoms. The molecule has 1 aliphatic rings. The van der Waals surface area contributed by atoms with Crippen LogP contribution in [0, 0.1) is 11.8 Å². The van der Waals surface area contributed by atoms with E-state index in [9.17, 15) is 4.79 Å². The minimum Gasteiger partial charge on any atom is -0.380 e. The van der Waals surface area contributed by atoms with Gasteiger partial charge in [-0.1, -0.05) is 13.3 Å². The van der Waals surface area contributed by atoms with Crippen molar-refractivity contribution in [3.8, 4) is 0 Å². The quantitative estimate of drug-likeness (QED) is 0.649. The van der Waals surface area contributed by atoms with E-state index < -0.39 is 0 Å². The molecule has 1 saturated carbocycles. The van der Waals surface area contributed by atoms with Gasteiger partial charge in [-0.15, -0.1) is 0 Å². The molecule has 0 radical (unpaired) electrons. The van der Waals surface area contributed by atoms with Gasteiger partial charge in [0.2, 0.25) is 5.91 Å². The van der Waals surface area contributed by atoms with Crippen LogP contribution in [0.4, 0.5) is 0 Å². The first-order valence-electron chi connectivity index (χ1n) is 7.33. The third-order valence-electron chi connectivity index (χ3n) is 3.74. The Kier molecular flexibility index (Phi) is 8.01. The van der Waals surface area contributed by atoms with Crippen LogP contribution in [0.25, 0.3) is 0 Å². The van der Waals surface area contributed by atoms with Crippen LogP contribution < -0.4 is 11.1 Å². The Hall–Kier alpha value is -0.610. The number of carbonyl (C=O) groups is 1. The van der Waals surface area contributed by atoms with Crippen molar-refractivity contribution in [3.05, 3.63) is 0 Å². The molecule has 0 aromatic rings. The lowest BCUT2D eigenvalue weighted by Gasteiger charge is -2.26. The Bertz CT molecular complexity index is 226. The van der Waals surface area contributed by atoms with Crippen LogP contribution in [0.1, 0.15) is 45.4 Å². The normalized spacial score (nSPS) is 23.9. The average molecular weight is 256 g/mol. The zero-order valence-corrected chi connectivity index (χ0v) is 11.6. The standard InChI is InChI=1S/C14H28N2O2/c1-2-3-9-18-10-8-16-14(17)13-6-4-12(11-15)5-7-13/h12-13H,2-11,15H2,1H3,(H,16,17). The summed E-state index contributed by atoms with van der Waals surface area (Å²) in [6, 6.07) is 0. The maximum Gasteiger partial charge on any atom is 0.223 e. The van der Waals surface area contributed by atoms with E-state index in [1.807, 2.05) is 0 Å². The summed E-state index contributed by atoms with van der Waals surface area (Å²) in [5, 5.41) is 2.97. The molecular weight excluding hydrogens is 228 g/mol. The molecule has 1 fully saturated rings. The van der Waals surface area contributed by atoms with Crippen molar-refractivity contribution >= 4 is 5.91 Å². The van der Waals surface area contributed by atoms with Gasteiger partial charge in [0.05, 0.1) is 6.61 Å². The minimum atomic E-state index is 0.198. The van der Waals surface area contributed by atoms with Gasteiger partial charge in [-0.2, -0.15) is 0 Å². The molecule has 0 aromatic heterocycles. The maximum absolute atomic E-state index is 11.9. The van der Waals surface area contributed by atoms with Crippen molar-refractivity contribution in [3.63, 3.8) is 0 Å². The Morgan fingerprint density at radius 2 is 2.00 bits per heavy atom. The van der Waals surface area contributed by atoms with Crippen LogP contribution in [0.3, 0.4) is 0 Å². The van der Waals surface area contributed by atoms with Gasteiger partial charge < -0.3 is 15.8 Å². The van der Waals surface area contributed by atoms with Gasteiger partial charge in [0.1, 0.15) is 0 Å². The van der Waals surface area contributed by atoms with Crippen LogP contribution in [-0.2, 0) is 9.53 Å². The SMILES string of the molecule is CCCCOCCNC(=O)C1CCC(CN)CC1. The number of amides is 1. The molecule has 1 rings (SSSR count). The Morgan fingerprint density at radius 3 is 2.61 bits per heavy atom. The smallest absolute Gasteiger partial charge is 0.223 e. The van der Waals surface area contributed by atoms with E-state index in [-0.39, 0.29) is 11.8 Å². The van der Waals surface area contributed by atoms with E-state index >= 15 is 0 Å². The number of nitrogens with one attached hydrogen (secondary N) is 1. The summed E-state index contributed by atoms with van der Waals surface area (Å²) >= 11 is 0.